The summed E-state index contributed by atoms with van der Waals surface area (Å²) in [5.41, 5.74) is 11.2. The Morgan fingerprint density at radius 2 is 1.11 bits per heavy atom. The van der Waals surface area contributed by atoms with Gasteiger partial charge in [-0.1, -0.05) is 24.8 Å². The summed E-state index contributed by atoms with van der Waals surface area (Å²) in [6.45, 7) is 17.5. The first-order valence-corrected chi connectivity index (χ1v) is 29.4. The van der Waals surface area contributed by atoms with E-state index in [1.54, 1.807) is 41.6 Å². The van der Waals surface area contributed by atoms with Crippen molar-refractivity contribution in [3.63, 3.8) is 0 Å². The van der Waals surface area contributed by atoms with Crippen LogP contribution in [0.4, 0.5) is 0 Å². The molecule has 87 heavy (non-hydrogen) atoms. The number of benzene rings is 4. The molecule has 4 unspecified atom stereocenters. The van der Waals surface area contributed by atoms with E-state index in [1.807, 2.05) is 48.6 Å². The number of piperazine rings is 2. The number of fused-ring (bicyclic) bond motifs is 18. The van der Waals surface area contributed by atoms with Crippen LogP contribution < -0.4 is 47.4 Å². The van der Waals surface area contributed by atoms with Crippen molar-refractivity contribution in [2.75, 3.05) is 96.6 Å². The molecule has 0 saturated carbocycles. The van der Waals surface area contributed by atoms with Crippen molar-refractivity contribution in [3.8, 4) is 69.6 Å². The van der Waals surface area contributed by atoms with Gasteiger partial charge in [-0.3, -0.25) is 24.4 Å². The van der Waals surface area contributed by atoms with Crippen molar-refractivity contribution in [3.05, 3.63) is 91.5 Å². The Labute approximate surface area is 508 Å². The number of aliphatic hydroxyl groups is 1. The van der Waals surface area contributed by atoms with E-state index in [0.717, 1.165) is 61.4 Å². The second kappa shape index (κ2) is 24.5. The molecule has 0 amide bonds. The Bertz CT molecular complexity index is 3450. The minimum Gasteiger partial charge on any atom is -0.493 e. The monoisotopic (exact) mass is 1200 g/mol. The number of nitriles is 2. The zero-order valence-electron chi connectivity index (χ0n) is 52.2. The number of hydrogen-bond donors (Lipinski definition) is 1. The average Bonchev–Trinajstić information content (AvgIpc) is 1.23. The third-order valence-corrected chi connectivity index (χ3v) is 19.0. The lowest BCUT2D eigenvalue weighted by atomic mass is 9.71. The molecule has 0 spiro atoms. The van der Waals surface area contributed by atoms with Crippen molar-refractivity contribution in [2.24, 2.45) is 0 Å². The third-order valence-electron chi connectivity index (χ3n) is 19.0. The van der Waals surface area contributed by atoms with Crippen LogP contribution in [0.3, 0.4) is 0 Å². The van der Waals surface area contributed by atoms with Crippen LogP contribution in [0.2, 0.25) is 0 Å². The van der Waals surface area contributed by atoms with E-state index in [4.69, 9.17) is 66.3 Å². The molecule has 8 heterocycles. The van der Waals surface area contributed by atoms with E-state index in [1.165, 1.54) is 6.92 Å². The van der Waals surface area contributed by atoms with E-state index in [-0.39, 0.29) is 82.7 Å². The predicted molar refractivity (Wildman–Crippen MR) is 315 cm³/mol. The number of likely N-dealkylation sites (N-methyl/N-ethyl adjacent to an activating group) is 2. The lowest BCUT2D eigenvalue weighted by molar-refractivity contribution is -0.212. The summed E-state index contributed by atoms with van der Waals surface area (Å²) in [7, 11) is 12.2. The van der Waals surface area contributed by atoms with Gasteiger partial charge < -0.3 is 71.4 Å². The summed E-state index contributed by atoms with van der Waals surface area (Å²) < 4.78 is 83.3. The molecule has 22 nitrogen and oxygen atoms in total. The molecule has 22 heteroatoms. The van der Waals surface area contributed by atoms with Gasteiger partial charge in [0.2, 0.25) is 13.6 Å². The first-order chi connectivity index (χ1) is 41.9. The molecule has 4 aromatic carbocycles. The summed E-state index contributed by atoms with van der Waals surface area (Å²) in [6, 6.07) is 6.59. The standard InChI is InChI=1S/C35H45N3O8.C30H35N3O8/c1-10-11-42-31-20(3)32-34(45-18-44-32)28-22(31)14-24-29-27-21(12-19(2)30(40-8)33(27)43-17-39-7)13-23(37(29)6)25(15-36)38(24)26(28)16-46-35(4,5)41-9;1-14-7-17-8-19-21(10-31)33-20(25(32(19)4)23(17)29(26(14)37-6)38-12-36-5)9-18-24(22(33)11-34)30-28(39-13-40-30)15(2)27(18)41-16(3)35/h10,12,23-26,29H,1,11,13-14,16-18H2,2-9H3;7,19-22,25,34H,8-9,11-13H2,1-6H3/t23-,24?,25?,26-,29-;19-,20?,21?,22-,25-/m00/s1. The fourth-order valence-corrected chi connectivity index (χ4v) is 15.4. The zero-order chi connectivity index (χ0) is 62.1. The number of aryl methyl sites for hydroxylation is 2. The third kappa shape index (κ3) is 10.0. The zero-order valence-corrected chi connectivity index (χ0v) is 52.2. The number of rotatable bonds is 17. The van der Waals surface area contributed by atoms with Gasteiger partial charge in [0.15, 0.2) is 65.4 Å². The lowest BCUT2D eigenvalue weighted by Gasteiger charge is -2.60. The van der Waals surface area contributed by atoms with E-state index >= 15 is 0 Å². The molecule has 8 aliphatic heterocycles. The molecule has 2 saturated heterocycles. The molecule has 0 radical (unpaired) electrons. The maximum atomic E-state index is 12.3. The van der Waals surface area contributed by atoms with Gasteiger partial charge in [0, 0.05) is 96.9 Å². The average molecular weight is 1200 g/mol. The maximum Gasteiger partial charge on any atom is 0.308 e. The molecular weight excluding hydrogens is 1120 g/mol. The summed E-state index contributed by atoms with van der Waals surface area (Å²) in [5, 5.41) is 32.5. The van der Waals surface area contributed by atoms with Gasteiger partial charge >= 0.3 is 5.97 Å². The number of ether oxygens (including phenoxy) is 14. The van der Waals surface area contributed by atoms with E-state index in [9.17, 15) is 20.4 Å². The molecule has 4 bridgehead atoms. The van der Waals surface area contributed by atoms with Crippen LogP contribution in [0.15, 0.2) is 24.8 Å². The molecule has 10 atom stereocenters. The number of carbonyl (C=O) groups excluding carboxylic acids is 1. The van der Waals surface area contributed by atoms with E-state index in [2.05, 4.69) is 57.5 Å². The van der Waals surface area contributed by atoms with Gasteiger partial charge in [0.25, 0.3) is 0 Å². The molecule has 466 valence electrons. The van der Waals surface area contributed by atoms with Gasteiger partial charge in [0.05, 0.1) is 63.7 Å². The number of carbonyl (C=O) groups is 1. The predicted octanol–water partition coefficient (Wildman–Crippen LogP) is 7.47. The molecule has 8 aliphatic rings. The topological polar surface area (TPSA) is 227 Å². The van der Waals surface area contributed by atoms with Crippen LogP contribution in [-0.4, -0.2) is 169 Å². The fraction of sp³-hybridized carbons (Fsp3) is 0.554. The minimum atomic E-state index is -0.857. The molecule has 0 aliphatic carbocycles. The number of aliphatic hydroxyl groups excluding tert-OH is 1. The van der Waals surface area contributed by atoms with Gasteiger partial charge in [-0.05, 0) is 104 Å². The summed E-state index contributed by atoms with van der Waals surface area (Å²) in [6.07, 6.45) is 4.05. The second-order valence-electron chi connectivity index (χ2n) is 23.9. The van der Waals surface area contributed by atoms with Crippen molar-refractivity contribution >= 4 is 5.97 Å². The Hall–Kier alpha value is -7.09. The quantitative estimate of drug-likeness (QED) is 0.0468. The van der Waals surface area contributed by atoms with Crippen LogP contribution in [0.5, 0.6) is 57.5 Å². The fourth-order valence-electron chi connectivity index (χ4n) is 15.4. The Morgan fingerprint density at radius 3 is 1.55 bits per heavy atom. The molecule has 0 aromatic heterocycles. The highest BCUT2D eigenvalue weighted by atomic mass is 16.7. The lowest BCUT2D eigenvalue weighted by Crippen LogP contribution is -2.68. The van der Waals surface area contributed by atoms with Crippen LogP contribution in [0.25, 0.3) is 0 Å². The Balaban J connectivity index is 0.000000181. The van der Waals surface area contributed by atoms with Crippen molar-refractivity contribution in [2.45, 2.75) is 140 Å². The van der Waals surface area contributed by atoms with Crippen molar-refractivity contribution < 1.29 is 76.2 Å². The van der Waals surface area contributed by atoms with Gasteiger partial charge in [0.1, 0.15) is 30.2 Å². The highest BCUT2D eigenvalue weighted by Crippen LogP contribution is 2.61. The van der Waals surface area contributed by atoms with Crippen LogP contribution in [0.1, 0.15) is 112 Å². The van der Waals surface area contributed by atoms with E-state index < -0.39 is 29.9 Å². The number of nitrogens with zero attached hydrogens (tertiary/aromatic N) is 6. The normalized spacial score (nSPS) is 25.3. The van der Waals surface area contributed by atoms with Crippen LogP contribution >= 0.6 is 0 Å². The first kappa shape index (κ1) is 61.6. The second-order valence-corrected chi connectivity index (χ2v) is 23.9. The minimum absolute atomic E-state index is 0.0239. The van der Waals surface area contributed by atoms with Gasteiger partial charge in [-0.25, -0.2) is 0 Å². The first-order valence-electron chi connectivity index (χ1n) is 29.4. The van der Waals surface area contributed by atoms with Crippen LogP contribution in [0, 0.1) is 50.4 Å². The Kier molecular flexibility index (Phi) is 17.3. The molecule has 4 aromatic rings. The van der Waals surface area contributed by atoms with Gasteiger partial charge in [-0.15, -0.1) is 0 Å². The smallest absolute Gasteiger partial charge is 0.308 e. The summed E-state index contributed by atoms with van der Waals surface area (Å²) in [4.78, 5) is 21.3. The molecular formula is C65H80N6O16. The van der Waals surface area contributed by atoms with Crippen LogP contribution in [-0.2, 0) is 49.4 Å². The maximum absolute atomic E-state index is 12.3. The van der Waals surface area contributed by atoms with Crippen molar-refractivity contribution in [1.29, 1.82) is 10.5 Å². The van der Waals surface area contributed by atoms with Crippen molar-refractivity contribution in [1.82, 2.24) is 19.6 Å². The molecule has 2 fully saturated rings. The SMILES string of the molecule is C=CCOc1c(C)c2c(c3c1CC1[C@H]4c5c(cc(C)c(OC)c5OCOC)C[C@@H](C(C#N)N1[C@H]3COC(C)(C)OC)N4C)OCO2.COCOc1c(OC)c(C)cc2c1[C@@H]1C3Cc4c(OC(C)=O)c(C)c5c(c4[C@H](CO)N3C(C#N)[C@H](C2)N1C)OCO5. The Morgan fingerprint density at radius 1 is 0.655 bits per heavy atom. The summed E-state index contributed by atoms with van der Waals surface area (Å²) >= 11 is 0. The van der Waals surface area contributed by atoms with E-state index in [0.29, 0.717) is 95.2 Å². The molecule has 12 rings (SSSR count). The van der Waals surface area contributed by atoms with Gasteiger partial charge in [-0.2, -0.15) is 10.5 Å². The highest BCUT2D eigenvalue weighted by Gasteiger charge is 2.59. The number of methoxy groups -OCH3 is 5. The largest absolute Gasteiger partial charge is 0.493 e. The summed E-state index contributed by atoms with van der Waals surface area (Å²) in [5.74, 6) is 4.85. The number of esters is 1. The molecule has 1 N–H and O–H groups in total. The number of hydrogen-bond acceptors (Lipinski definition) is 22. The highest BCUT2D eigenvalue weighted by molar-refractivity contribution is 5.74.